The molecule has 0 fully saturated rings. The number of hydrogen-bond acceptors (Lipinski definition) is 1. The zero-order valence-electron chi connectivity index (χ0n) is 7.50. The molecule has 0 amide bonds. The highest BCUT2D eigenvalue weighted by Gasteiger charge is 2.05. The predicted molar refractivity (Wildman–Crippen MR) is 54.8 cm³/mol. The van der Waals surface area contributed by atoms with Crippen molar-refractivity contribution >= 4 is 20.3 Å². The summed E-state index contributed by atoms with van der Waals surface area (Å²) in [5, 5.41) is 1.30. The van der Waals surface area contributed by atoms with Crippen LogP contribution in [0.25, 0.3) is 6.08 Å². The maximum Gasteiger partial charge on any atom is 0.242 e. The SMILES string of the molecule is C=Cc1ccc([Si](C)OC)cc1. The van der Waals surface area contributed by atoms with Gasteiger partial charge in [-0.15, -0.1) is 0 Å². The van der Waals surface area contributed by atoms with E-state index in [4.69, 9.17) is 4.43 Å². The first-order valence-electron chi connectivity index (χ1n) is 3.88. The van der Waals surface area contributed by atoms with Crippen molar-refractivity contribution in [2.75, 3.05) is 7.11 Å². The molecule has 0 saturated carbocycles. The van der Waals surface area contributed by atoms with Gasteiger partial charge in [0.25, 0.3) is 0 Å². The van der Waals surface area contributed by atoms with E-state index >= 15 is 0 Å². The molecule has 1 radical (unpaired) electrons. The summed E-state index contributed by atoms with van der Waals surface area (Å²) >= 11 is 0. The van der Waals surface area contributed by atoms with Crippen molar-refractivity contribution in [1.82, 2.24) is 0 Å². The summed E-state index contributed by atoms with van der Waals surface area (Å²) in [6, 6.07) is 8.34. The number of hydrogen-bond donors (Lipinski definition) is 0. The van der Waals surface area contributed by atoms with Gasteiger partial charge in [0.05, 0.1) is 0 Å². The van der Waals surface area contributed by atoms with Crippen LogP contribution >= 0.6 is 0 Å². The van der Waals surface area contributed by atoms with E-state index in [0.717, 1.165) is 5.56 Å². The van der Waals surface area contributed by atoms with E-state index in [1.165, 1.54) is 5.19 Å². The molecule has 1 nitrogen and oxygen atoms in total. The van der Waals surface area contributed by atoms with Crippen molar-refractivity contribution in [3.05, 3.63) is 36.4 Å². The van der Waals surface area contributed by atoms with Gasteiger partial charge >= 0.3 is 0 Å². The largest absolute Gasteiger partial charge is 0.415 e. The molecule has 0 aliphatic rings. The zero-order chi connectivity index (χ0) is 8.97. The van der Waals surface area contributed by atoms with Crippen LogP contribution in [0.15, 0.2) is 30.8 Å². The molecule has 12 heavy (non-hydrogen) atoms. The Morgan fingerprint density at radius 2 is 1.92 bits per heavy atom. The fourth-order valence-corrected chi connectivity index (χ4v) is 1.84. The van der Waals surface area contributed by atoms with Crippen LogP contribution in [0.4, 0.5) is 0 Å². The molecule has 2 heteroatoms. The summed E-state index contributed by atoms with van der Waals surface area (Å²) in [4.78, 5) is 0. The van der Waals surface area contributed by atoms with Crippen molar-refractivity contribution in [3.63, 3.8) is 0 Å². The first-order valence-corrected chi connectivity index (χ1v) is 5.79. The lowest BCUT2D eigenvalue weighted by atomic mass is 10.2. The second kappa shape index (κ2) is 4.23. The Morgan fingerprint density at radius 1 is 1.33 bits per heavy atom. The van der Waals surface area contributed by atoms with Crippen LogP contribution in [0, 0.1) is 0 Å². The molecule has 0 aliphatic heterocycles. The lowest BCUT2D eigenvalue weighted by molar-refractivity contribution is 0.434. The van der Waals surface area contributed by atoms with Crippen molar-refractivity contribution in [1.29, 1.82) is 0 Å². The summed E-state index contributed by atoms with van der Waals surface area (Å²) < 4.78 is 5.29. The highest BCUT2D eigenvalue weighted by Crippen LogP contribution is 1.98. The minimum absolute atomic E-state index is 0.765. The number of rotatable bonds is 3. The third-order valence-corrected chi connectivity index (χ3v) is 3.62. The van der Waals surface area contributed by atoms with Crippen LogP contribution in [0.5, 0.6) is 0 Å². The monoisotopic (exact) mass is 177 g/mol. The molecule has 0 aromatic heterocycles. The van der Waals surface area contributed by atoms with E-state index in [-0.39, 0.29) is 0 Å². The van der Waals surface area contributed by atoms with Gasteiger partial charge in [0.1, 0.15) is 0 Å². The molecular weight excluding hydrogens is 164 g/mol. The highest BCUT2D eigenvalue weighted by atomic mass is 28.3. The molecule has 0 aliphatic carbocycles. The quantitative estimate of drug-likeness (QED) is 0.640. The Kier molecular flexibility index (Phi) is 3.26. The Morgan fingerprint density at radius 3 is 2.33 bits per heavy atom. The van der Waals surface area contributed by atoms with E-state index < -0.39 is 9.04 Å². The normalized spacial score (nSPS) is 10.2. The van der Waals surface area contributed by atoms with Crippen molar-refractivity contribution in [2.45, 2.75) is 6.55 Å². The van der Waals surface area contributed by atoms with E-state index in [1.807, 2.05) is 6.08 Å². The van der Waals surface area contributed by atoms with Crippen LogP contribution in [-0.2, 0) is 4.43 Å². The molecule has 0 spiro atoms. The van der Waals surface area contributed by atoms with Gasteiger partial charge in [-0.1, -0.05) is 36.9 Å². The van der Waals surface area contributed by atoms with Crippen molar-refractivity contribution in [2.24, 2.45) is 0 Å². The predicted octanol–water partition coefficient (Wildman–Crippen LogP) is 1.80. The Bertz CT molecular complexity index is 253. The van der Waals surface area contributed by atoms with E-state index in [0.29, 0.717) is 0 Å². The molecular formula is C10H13OSi. The van der Waals surface area contributed by atoms with Gasteiger partial charge in [-0.2, -0.15) is 0 Å². The Balaban J connectivity index is 2.84. The summed E-state index contributed by atoms with van der Waals surface area (Å²) in [6.45, 7) is 5.84. The third-order valence-electron chi connectivity index (χ3n) is 1.86. The minimum Gasteiger partial charge on any atom is -0.415 e. The van der Waals surface area contributed by atoms with Gasteiger partial charge in [0.15, 0.2) is 0 Å². The van der Waals surface area contributed by atoms with Gasteiger partial charge in [-0.05, 0) is 17.3 Å². The zero-order valence-corrected chi connectivity index (χ0v) is 8.50. The van der Waals surface area contributed by atoms with E-state index in [2.05, 4.69) is 37.4 Å². The Labute approximate surface area is 75.4 Å². The maximum absolute atomic E-state index is 5.29. The molecule has 0 heterocycles. The van der Waals surface area contributed by atoms with Gasteiger partial charge in [0.2, 0.25) is 9.04 Å². The second-order valence-electron chi connectivity index (χ2n) is 2.59. The van der Waals surface area contributed by atoms with Crippen LogP contribution in [0.1, 0.15) is 5.56 Å². The molecule has 0 saturated heterocycles. The van der Waals surface area contributed by atoms with Crippen molar-refractivity contribution in [3.8, 4) is 0 Å². The van der Waals surface area contributed by atoms with Crippen LogP contribution in [-0.4, -0.2) is 16.2 Å². The molecule has 1 rings (SSSR count). The topological polar surface area (TPSA) is 9.23 Å². The average molecular weight is 177 g/mol. The summed E-state index contributed by atoms with van der Waals surface area (Å²) in [7, 11) is 0.994. The standard InChI is InChI=1S/C10H13OSi/c1-4-9-5-7-10(8-6-9)12(3)11-2/h4-8H,1H2,2-3H3. The van der Waals surface area contributed by atoms with Gasteiger partial charge in [0, 0.05) is 7.11 Å². The second-order valence-corrected chi connectivity index (χ2v) is 4.68. The van der Waals surface area contributed by atoms with Gasteiger partial charge in [-0.25, -0.2) is 0 Å². The van der Waals surface area contributed by atoms with Crippen molar-refractivity contribution < 1.29 is 4.43 Å². The summed E-state index contributed by atoms with van der Waals surface area (Å²) in [5.74, 6) is 0. The van der Waals surface area contributed by atoms with Crippen LogP contribution < -0.4 is 5.19 Å². The highest BCUT2D eigenvalue weighted by molar-refractivity contribution is 6.66. The average Bonchev–Trinajstić information content (AvgIpc) is 2.17. The molecule has 0 N–H and O–H groups in total. The summed E-state index contributed by atoms with van der Waals surface area (Å²) in [5.41, 5.74) is 1.16. The first-order chi connectivity index (χ1) is 5.77. The minimum atomic E-state index is -0.765. The molecule has 0 bridgehead atoms. The maximum atomic E-state index is 5.29. The first kappa shape index (κ1) is 9.23. The van der Waals surface area contributed by atoms with Crippen LogP contribution in [0.3, 0.4) is 0 Å². The fourth-order valence-electron chi connectivity index (χ4n) is 0.972. The summed E-state index contributed by atoms with van der Waals surface area (Å²) in [6.07, 6.45) is 1.85. The van der Waals surface area contributed by atoms with Crippen LogP contribution in [0.2, 0.25) is 6.55 Å². The Hall–Kier alpha value is -0.863. The molecule has 1 aromatic rings. The van der Waals surface area contributed by atoms with E-state index in [9.17, 15) is 0 Å². The molecule has 63 valence electrons. The lowest BCUT2D eigenvalue weighted by Crippen LogP contribution is -2.28. The van der Waals surface area contributed by atoms with Gasteiger partial charge < -0.3 is 4.43 Å². The smallest absolute Gasteiger partial charge is 0.242 e. The lowest BCUT2D eigenvalue weighted by Gasteiger charge is -2.06. The van der Waals surface area contributed by atoms with E-state index in [1.54, 1.807) is 7.11 Å². The molecule has 1 aromatic carbocycles. The third kappa shape index (κ3) is 2.06. The molecule has 0 atom stereocenters. The van der Waals surface area contributed by atoms with Gasteiger partial charge in [-0.3, -0.25) is 0 Å². The number of benzene rings is 1. The fraction of sp³-hybridized carbons (Fsp3) is 0.200. The molecule has 0 unspecified atom stereocenters.